The average molecular weight is 187 g/mol. The summed E-state index contributed by atoms with van der Waals surface area (Å²) < 4.78 is 5.15. The SMILES string of the molecule is [SiH3]OCCCCN1CCCCC1. The molecule has 2 nitrogen and oxygen atoms in total. The van der Waals surface area contributed by atoms with Crippen LogP contribution in [-0.2, 0) is 4.43 Å². The maximum atomic E-state index is 5.15. The van der Waals surface area contributed by atoms with Crippen molar-refractivity contribution in [3.05, 3.63) is 0 Å². The van der Waals surface area contributed by atoms with Gasteiger partial charge in [-0.3, -0.25) is 0 Å². The van der Waals surface area contributed by atoms with Crippen LogP contribution < -0.4 is 0 Å². The van der Waals surface area contributed by atoms with E-state index in [1.807, 2.05) is 0 Å². The van der Waals surface area contributed by atoms with E-state index in [0.29, 0.717) is 0 Å². The van der Waals surface area contributed by atoms with Gasteiger partial charge in [-0.1, -0.05) is 6.42 Å². The van der Waals surface area contributed by atoms with Crippen LogP contribution in [-0.4, -0.2) is 41.6 Å². The molecule has 0 aromatic heterocycles. The van der Waals surface area contributed by atoms with Crippen LogP contribution in [0.5, 0.6) is 0 Å². The van der Waals surface area contributed by atoms with E-state index in [1.54, 1.807) is 0 Å². The molecule has 0 atom stereocenters. The molecular formula is C9H21NOSi. The first-order valence-corrected chi connectivity index (χ1v) is 5.96. The average Bonchev–Trinajstić information content (AvgIpc) is 2.14. The van der Waals surface area contributed by atoms with Gasteiger partial charge < -0.3 is 9.33 Å². The summed E-state index contributed by atoms with van der Waals surface area (Å²) in [5.74, 6) is 0. The van der Waals surface area contributed by atoms with E-state index in [1.165, 1.54) is 51.7 Å². The molecule has 0 spiro atoms. The highest BCUT2D eigenvalue weighted by molar-refractivity contribution is 5.97. The Kier molecular flexibility index (Phi) is 5.65. The van der Waals surface area contributed by atoms with Crippen molar-refractivity contribution in [3.63, 3.8) is 0 Å². The second-order valence-corrected chi connectivity index (χ2v) is 4.18. The van der Waals surface area contributed by atoms with Crippen molar-refractivity contribution >= 4 is 10.5 Å². The normalized spacial score (nSPS) is 20.0. The van der Waals surface area contributed by atoms with Gasteiger partial charge in [0.25, 0.3) is 0 Å². The Hall–Kier alpha value is 0.137. The fourth-order valence-corrected chi connectivity index (χ4v) is 2.05. The molecule has 0 aromatic carbocycles. The van der Waals surface area contributed by atoms with Crippen molar-refractivity contribution < 1.29 is 4.43 Å². The van der Waals surface area contributed by atoms with Crippen LogP contribution in [0.25, 0.3) is 0 Å². The highest BCUT2D eigenvalue weighted by Gasteiger charge is 2.08. The highest BCUT2D eigenvalue weighted by atomic mass is 28.2. The van der Waals surface area contributed by atoms with Crippen molar-refractivity contribution in [2.45, 2.75) is 32.1 Å². The van der Waals surface area contributed by atoms with Gasteiger partial charge in [0.2, 0.25) is 0 Å². The molecular weight excluding hydrogens is 166 g/mol. The molecule has 0 saturated carbocycles. The van der Waals surface area contributed by atoms with Crippen molar-refractivity contribution in [2.24, 2.45) is 0 Å². The van der Waals surface area contributed by atoms with Crippen LogP contribution in [0, 0.1) is 0 Å². The standard InChI is InChI=1S/C9H21NOSi/c12-11-9-5-4-8-10-6-2-1-3-7-10/h1-9H2,12H3. The summed E-state index contributed by atoms with van der Waals surface area (Å²) in [6, 6.07) is 0. The van der Waals surface area contributed by atoms with Crippen molar-refractivity contribution in [2.75, 3.05) is 26.2 Å². The molecule has 1 heterocycles. The van der Waals surface area contributed by atoms with Crippen LogP contribution in [0.4, 0.5) is 0 Å². The minimum absolute atomic E-state index is 0.902. The van der Waals surface area contributed by atoms with Gasteiger partial charge in [0.15, 0.2) is 0 Å². The van der Waals surface area contributed by atoms with Crippen molar-refractivity contribution in [1.82, 2.24) is 4.90 Å². The van der Waals surface area contributed by atoms with Crippen molar-refractivity contribution in [3.8, 4) is 0 Å². The number of hydrogen-bond acceptors (Lipinski definition) is 2. The molecule has 0 bridgehead atoms. The fraction of sp³-hybridized carbons (Fsp3) is 1.00. The zero-order chi connectivity index (χ0) is 8.65. The van der Waals surface area contributed by atoms with Gasteiger partial charge in [-0.2, -0.15) is 0 Å². The summed E-state index contributed by atoms with van der Waals surface area (Å²) in [5.41, 5.74) is 0. The van der Waals surface area contributed by atoms with Gasteiger partial charge in [0.05, 0.1) is 0 Å². The second kappa shape index (κ2) is 6.63. The maximum Gasteiger partial charge on any atom is 0.145 e. The van der Waals surface area contributed by atoms with Gasteiger partial charge in [0.1, 0.15) is 10.5 Å². The number of hydrogen-bond donors (Lipinski definition) is 0. The monoisotopic (exact) mass is 187 g/mol. The van der Waals surface area contributed by atoms with E-state index >= 15 is 0 Å². The topological polar surface area (TPSA) is 12.5 Å². The van der Waals surface area contributed by atoms with Crippen LogP contribution in [0.15, 0.2) is 0 Å². The van der Waals surface area contributed by atoms with Crippen LogP contribution in [0.1, 0.15) is 32.1 Å². The number of rotatable bonds is 5. The largest absolute Gasteiger partial charge is 0.428 e. The van der Waals surface area contributed by atoms with E-state index in [4.69, 9.17) is 4.43 Å². The summed E-state index contributed by atoms with van der Waals surface area (Å²) >= 11 is 0. The summed E-state index contributed by atoms with van der Waals surface area (Å²) in [6.07, 6.45) is 6.84. The Labute approximate surface area is 78.8 Å². The molecule has 0 unspecified atom stereocenters. The summed E-state index contributed by atoms with van der Waals surface area (Å²) in [6.45, 7) is 4.95. The third kappa shape index (κ3) is 4.23. The lowest BCUT2D eigenvalue weighted by molar-refractivity contribution is 0.218. The predicted octanol–water partition coefficient (Wildman–Crippen LogP) is 0.549. The smallest absolute Gasteiger partial charge is 0.145 e. The van der Waals surface area contributed by atoms with E-state index in [9.17, 15) is 0 Å². The number of likely N-dealkylation sites (tertiary alicyclic amines) is 1. The van der Waals surface area contributed by atoms with Gasteiger partial charge in [-0.05, 0) is 45.3 Å². The molecule has 12 heavy (non-hydrogen) atoms. The van der Waals surface area contributed by atoms with Gasteiger partial charge >= 0.3 is 0 Å². The van der Waals surface area contributed by atoms with E-state index in [-0.39, 0.29) is 0 Å². The Morgan fingerprint density at radius 3 is 2.50 bits per heavy atom. The van der Waals surface area contributed by atoms with E-state index in [2.05, 4.69) is 4.90 Å². The Balaban J connectivity index is 1.91. The second-order valence-electron chi connectivity index (χ2n) is 3.60. The first-order chi connectivity index (χ1) is 5.93. The zero-order valence-corrected chi connectivity index (χ0v) is 10.2. The highest BCUT2D eigenvalue weighted by Crippen LogP contribution is 2.09. The number of nitrogens with zero attached hydrogens (tertiary/aromatic N) is 1. The Bertz CT molecular complexity index is 105. The zero-order valence-electron chi connectivity index (χ0n) is 8.22. The molecule has 1 rings (SSSR count). The molecule has 0 aromatic rings. The minimum atomic E-state index is 0.902. The Morgan fingerprint density at radius 1 is 1.08 bits per heavy atom. The maximum absolute atomic E-state index is 5.15. The van der Waals surface area contributed by atoms with Crippen LogP contribution in [0.2, 0.25) is 0 Å². The first-order valence-electron chi connectivity index (χ1n) is 5.15. The molecule has 1 aliphatic rings. The van der Waals surface area contributed by atoms with E-state index < -0.39 is 0 Å². The molecule has 72 valence electrons. The van der Waals surface area contributed by atoms with Crippen molar-refractivity contribution in [1.29, 1.82) is 0 Å². The lowest BCUT2D eigenvalue weighted by atomic mass is 10.1. The molecule has 1 saturated heterocycles. The van der Waals surface area contributed by atoms with Gasteiger partial charge in [0, 0.05) is 6.61 Å². The molecule has 1 aliphatic heterocycles. The minimum Gasteiger partial charge on any atom is -0.428 e. The predicted molar refractivity (Wildman–Crippen MR) is 55.4 cm³/mol. The first kappa shape index (κ1) is 10.2. The van der Waals surface area contributed by atoms with Gasteiger partial charge in [-0.15, -0.1) is 0 Å². The summed E-state index contributed by atoms with van der Waals surface area (Å²) in [5, 5.41) is 0. The molecule has 3 heteroatoms. The molecule has 0 radical (unpaired) electrons. The summed E-state index contributed by atoms with van der Waals surface area (Å²) in [7, 11) is 0.902. The molecule has 0 aliphatic carbocycles. The number of unbranched alkanes of at least 4 members (excludes halogenated alkanes) is 1. The molecule has 1 fully saturated rings. The quantitative estimate of drug-likeness (QED) is 0.460. The fourth-order valence-electron chi connectivity index (χ4n) is 1.76. The summed E-state index contributed by atoms with van der Waals surface area (Å²) in [4.78, 5) is 2.59. The van der Waals surface area contributed by atoms with Crippen LogP contribution >= 0.6 is 0 Å². The molecule has 0 amide bonds. The lowest BCUT2D eigenvalue weighted by Crippen LogP contribution is -2.30. The van der Waals surface area contributed by atoms with Crippen LogP contribution in [0.3, 0.4) is 0 Å². The third-order valence-corrected chi connectivity index (χ3v) is 2.93. The number of piperidine rings is 1. The van der Waals surface area contributed by atoms with Gasteiger partial charge in [-0.25, -0.2) is 0 Å². The lowest BCUT2D eigenvalue weighted by Gasteiger charge is -2.26. The Morgan fingerprint density at radius 2 is 1.83 bits per heavy atom. The molecule has 0 N–H and O–H groups in total. The van der Waals surface area contributed by atoms with E-state index in [0.717, 1.165) is 17.1 Å². The third-order valence-electron chi connectivity index (χ3n) is 2.52.